The summed E-state index contributed by atoms with van der Waals surface area (Å²) in [5, 5.41) is 27.8. The van der Waals surface area contributed by atoms with Crippen LogP contribution in [0, 0.1) is 5.95 Å². The molecule has 0 aliphatic carbocycles. The lowest BCUT2D eigenvalue weighted by Gasteiger charge is -2.17. The maximum Gasteiger partial charge on any atom is 0.421 e. The highest BCUT2D eigenvalue weighted by Crippen LogP contribution is 2.37. The summed E-state index contributed by atoms with van der Waals surface area (Å²) in [5.41, 5.74) is -3.40. The second-order valence-corrected chi connectivity index (χ2v) is 5.23. The largest absolute Gasteiger partial charge is 0.421 e. The quantitative estimate of drug-likeness (QED) is 0.540. The van der Waals surface area contributed by atoms with Crippen molar-refractivity contribution >= 4 is 11.0 Å². The van der Waals surface area contributed by atoms with Gasteiger partial charge in [-0.1, -0.05) is 0 Å². The molecule has 1 saturated heterocycles. The minimum atomic E-state index is -5.05. The minimum Gasteiger partial charge on any atom is -0.394 e. The highest BCUT2D eigenvalue weighted by atomic mass is 19.4. The van der Waals surface area contributed by atoms with Gasteiger partial charge < -0.3 is 25.0 Å². The standard InChI is InChI=1S/C12H11F4N3O5/c13-8-5(12(14,15)16)3-1-19(11(23)18-9(3)17-8)10-7(22)6(21)4(2-20)24-10/h1,4,6-7,10,20-22H,2H2,(H,17,18,23)/t4-,6?,7+,10-/m1/s1. The van der Waals surface area contributed by atoms with Gasteiger partial charge in [0.25, 0.3) is 0 Å². The molecular formula is C12H11F4N3O5. The fraction of sp³-hybridized carbons (Fsp3) is 0.500. The lowest BCUT2D eigenvalue weighted by atomic mass is 10.1. The van der Waals surface area contributed by atoms with E-state index in [4.69, 9.17) is 9.84 Å². The van der Waals surface area contributed by atoms with Crippen LogP contribution >= 0.6 is 0 Å². The monoisotopic (exact) mass is 353 g/mol. The fourth-order valence-corrected chi connectivity index (χ4v) is 2.60. The number of H-pyrrole nitrogens is 1. The number of hydrogen-bond acceptors (Lipinski definition) is 6. The zero-order valence-corrected chi connectivity index (χ0v) is 11.7. The Kier molecular flexibility index (Phi) is 3.86. The third kappa shape index (κ3) is 2.47. The molecule has 12 heteroatoms. The summed E-state index contributed by atoms with van der Waals surface area (Å²) < 4.78 is 57.9. The van der Waals surface area contributed by atoms with E-state index in [9.17, 15) is 32.6 Å². The van der Waals surface area contributed by atoms with Crippen LogP contribution < -0.4 is 5.69 Å². The number of rotatable bonds is 2. The molecule has 0 saturated carbocycles. The lowest BCUT2D eigenvalue weighted by molar-refractivity contribution is -0.138. The van der Waals surface area contributed by atoms with Crippen molar-refractivity contribution in [2.75, 3.05) is 6.61 Å². The Hall–Kier alpha value is -2.02. The van der Waals surface area contributed by atoms with Gasteiger partial charge in [-0.25, -0.2) is 4.79 Å². The number of nitrogens with zero attached hydrogens (tertiary/aromatic N) is 2. The van der Waals surface area contributed by atoms with Gasteiger partial charge in [-0.05, 0) is 0 Å². The summed E-state index contributed by atoms with van der Waals surface area (Å²) in [4.78, 5) is 17.0. The summed E-state index contributed by atoms with van der Waals surface area (Å²) in [6.07, 6.45) is -10.5. The van der Waals surface area contributed by atoms with Gasteiger partial charge in [0, 0.05) is 6.20 Å². The van der Waals surface area contributed by atoms with Gasteiger partial charge in [0.05, 0.1) is 12.0 Å². The van der Waals surface area contributed by atoms with Crippen molar-refractivity contribution in [3.8, 4) is 0 Å². The zero-order valence-electron chi connectivity index (χ0n) is 11.7. The second kappa shape index (κ2) is 5.51. The third-order valence-electron chi connectivity index (χ3n) is 3.74. The summed E-state index contributed by atoms with van der Waals surface area (Å²) in [6, 6.07) is 0. The Morgan fingerprint density at radius 1 is 1.33 bits per heavy atom. The van der Waals surface area contributed by atoms with Crippen molar-refractivity contribution in [1.29, 1.82) is 0 Å². The smallest absolute Gasteiger partial charge is 0.394 e. The third-order valence-corrected chi connectivity index (χ3v) is 3.74. The van der Waals surface area contributed by atoms with Gasteiger partial charge in [-0.3, -0.25) is 4.57 Å². The van der Waals surface area contributed by atoms with Crippen molar-refractivity contribution in [3.05, 3.63) is 28.2 Å². The molecule has 1 aliphatic heterocycles. The number of fused-ring (bicyclic) bond motifs is 1. The first-order valence-electron chi connectivity index (χ1n) is 6.65. The van der Waals surface area contributed by atoms with Crippen LogP contribution in [0.2, 0.25) is 0 Å². The molecule has 0 amide bonds. The van der Waals surface area contributed by atoms with E-state index in [2.05, 4.69) is 4.98 Å². The van der Waals surface area contributed by atoms with Gasteiger partial charge in [-0.15, -0.1) is 0 Å². The van der Waals surface area contributed by atoms with E-state index in [0.29, 0.717) is 10.8 Å². The van der Waals surface area contributed by atoms with Gasteiger partial charge in [0.15, 0.2) is 6.23 Å². The molecule has 0 aromatic carbocycles. The second-order valence-electron chi connectivity index (χ2n) is 5.23. The van der Waals surface area contributed by atoms with Crippen LogP contribution in [0.3, 0.4) is 0 Å². The molecule has 2 aromatic heterocycles. The van der Waals surface area contributed by atoms with E-state index in [1.807, 2.05) is 0 Å². The summed E-state index contributed by atoms with van der Waals surface area (Å²) in [5.74, 6) is -1.71. The molecule has 1 unspecified atom stereocenters. The van der Waals surface area contributed by atoms with Crippen molar-refractivity contribution in [2.24, 2.45) is 0 Å². The van der Waals surface area contributed by atoms with Crippen LogP contribution in [0.5, 0.6) is 0 Å². The minimum absolute atomic E-state index is 0.508. The maximum absolute atomic E-state index is 13.5. The first-order valence-corrected chi connectivity index (χ1v) is 6.65. The zero-order chi connectivity index (χ0) is 17.8. The Labute approximate surface area is 129 Å². The molecule has 0 bridgehead atoms. The van der Waals surface area contributed by atoms with Gasteiger partial charge in [0.1, 0.15) is 29.5 Å². The Morgan fingerprint density at radius 3 is 2.54 bits per heavy atom. The van der Waals surface area contributed by atoms with Crippen molar-refractivity contribution < 1.29 is 37.6 Å². The first-order chi connectivity index (χ1) is 11.1. The number of aromatic amines is 1. The fourth-order valence-electron chi connectivity index (χ4n) is 2.60. The van der Waals surface area contributed by atoms with Crippen LogP contribution in [0.15, 0.2) is 11.0 Å². The highest BCUT2D eigenvalue weighted by Gasteiger charge is 2.44. The van der Waals surface area contributed by atoms with E-state index in [-0.39, 0.29) is 0 Å². The average Bonchev–Trinajstić information content (AvgIpc) is 2.95. The Balaban J connectivity index is 2.16. The Morgan fingerprint density at radius 2 is 2.00 bits per heavy atom. The highest BCUT2D eigenvalue weighted by molar-refractivity contribution is 5.79. The molecule has 1 aliphatic rings. The number of ether oxygens (including phenoxy) is 1. The average molecular weight is 353 g/mol. The van der Waals surface area contributed by atoms with E-state index < -0.39 is 65.6 Å². The SMILES string of the molecule is O=c1nc2[nH]c(F)c(C(F)(F)F)c2cn1[C@@H]1O[C@H](CO)C(O)[C@@H]1O. The van der Waals surface area contributed by atoms with E-state index in [1.54, 1.807) is 4.98 Å². The van der Waals surface area contributed by atoms with Gasteiger partial charge in [-0.2, -0.15) is 22.5 Å². The molecule has 0 radical (unpaired) electrons. The molecule has 0 spiro atoms. The lowest BCUT2D eigenvalue weighted by Crippen LogP contribution is -2.36. The maximum atomic E-state index is 13.5. The van der Waals surface area contributed by atoms with Gasteiger partial charge >= 0.3 is 11.9 Å². The number of aromatic nitrogens is 3. The van der Waals surface area contributed by atoms with Crippen molar-refractivity contribution in [2.45, 2.75) is 30.7 Å². The molecule has 132 valence electrons. The normalized spacial score (nSPS) is 28.0. The predicted octanol–water partition coefficient (Wildman–Crippen LogP) is -0.506. The van der Waals surface area contributed by atoms with Crippen LogP contribution in [-0.4, -0.2) is 54.8 Å². The molecule has 24 heavy (non-hydrogen) atoms. The summed E-state index contributed by atoms with van der Waals surface area (Å²) in [6.45, 7) is -0.689. The molecule has 3 rings (SSSR count). The molecular weight excluding hydrogens is 342 g/mol. The van der Waals surface area contributed by atoms with E-state index in [1.165, 1.54) is 0 Å². The molecule has 3 heterocycles. The number of nitrogens with one attached hydrogen (secondary N) is 1. The first kappa shape index (κ1) is 16.8. The van der Waals surface area contributed by atoms with Gasteiger partial charge in [0.2, 0.25) is 5.95 Å². The van der Waals surface area contributed by atoms with E-state index >= 15 is 0 Å². The number of alkyl halides is 3. The van der Waals surface area contributed by atoms with E-state index in [0.717, 1.165) is 0 Å². The van der Waals surface area contributed by atoms with Crippen molar-refractivity contribution in [3.63, 3.8) is 0 Å². The summed E-state index contributed by atoms with van der Waals surface area (Å²) in [7, 11) is 0. The number of halogens is 4. The molecule has 4 atom stereocenters. The topological polar surface area (TPSA) is 121 Å². The predicted molar refractivity (Wildman–Crippen MR) is 68.3 cm³/mol. The number of aliphatic hydroxyl groups excluding tert-OH is 3. The molecule has 8 nitrogen and oxygen atoms in total. The van der Waals surface area contributed by atoms with Crippen LogP contribution in [0.1, 0.15) is 11.8 Å². The number of hydrogen-bond donors (Lipinski definition) is 4. The van der Waals surface area contributed by atoms with Crippen LogP contribution in [0.25, 0.3) is 11.0 Å². The van der Waals surface area contributed by atoms with Crippen LogP contribution in [-0.2, 0) is 10.9 Å². The number of aliphatic hydroxyl groups is 3. The van der Waals surface area contributed by atoms with Crippen LogP contribution in [0.4, 0.5) is 17.6 Å². The van der Waals surface area contributed by atoms with Crippen molar-refractivity contribution in [1.82, 2.24) is 14.5 Å². The molecule has 2 aromatic rings. The summed E-state index contributed by atoms with van der Waals surface area (Å²) >= 11 is 0. The molecule has 1 fully saturated rings. The Bertz CT molecular complexity index is 832. The molecule has 4 N–H and O–H groups in total.